The van der Waals surface area contributed by atoms with Crippen LogP contribution >= 0.6 is 0 Å². The third kappa shape index (κ3) is 3.02. The van der Waals surface area contributed by atoms with Crippen LogP contribution in [0.25, 0.3) is 0 Å². The molecule has 110 valence electrons. The van der Waals surface area contributed by atoms with Crippen LogP contribution < -0.4 is 4.74 Å². The molecule has 7 heteroatoms. The zero-order valence-electron chi connectivity index (χ0n) is 11.4. The molecule has 2 rings (SSSR count). The Morgan fingerprint density at radius 1 is 1.38 bits per heavy atom. The number of aromatic carboxylic acids is 1. The topological polar surface area (TPSA) is 103 Å². The number of furan rings is 1. The van der Waals surface area contributed by atoms with Crippen molar-refractivity contribution >= 4 is 11.7 Å². The number of ether oxygens (including phenoxy) is 1. The molecule has 1 unspecified atom stereocenters. The molecule has 21 heavy (non-hydrogen) atoms. The summed E-state index contributed by atoms with van der Waals surface area (Å²) in [6.07, 6.45) is -0.655. The van der Waals surface area contributed by atoms with Crippen LogP contribution in [0.3, 0.4) is 0 Å². The fraction of sp³-hybridized carbons (Fsp3) is 0.214. The quantitative estimate of drug-likeness (QED) is 0.669. The molecule has 0 saturated heterocycles. The Kier molecular flexibility index (Phi) is 3.93. The van der Waals surface area contributed by atoms with Crippen molar-refractivity contribution in [2.24, 2.45) is 0 Å². The molecule has 0 amide bonds. The van der Waals surface area contributed by atoms with E-state index in [0.29, 0.717) is 5.56 Å². The van der Waals surface area contributed by atoms with Gasteiger partial charge in [-0.3, -0.25) is 10.1 Å². The lowest BCUT2D eigenvalue weighted by Gasteiger charge is -2.14. The average Bonchev–Trinajstić information content (AvgIpc) is 2.90. The van der Waals surface area contributed by atoms with E-state index in [-0.39, 0.29) is 23.0 Å². The molecule has 0 fully saturated rings. The number of hydrogen-bond donors (Lipinski definition) is 1. The highest BCUT2D eigenvalue weighted by molar-refractivity contribution is 5.84. The zero-order valence-corrected chi connectivity index (χ0v) is 11.4. The largest absolute Gasteiger partial charge is 0.475 e. The SMILES string of the molecule is Cc1cccc([N+](=O)[O-])c1OC(C)c1ccc(C(=O)O)o1. The van der Waals surface area contributed by atoms with Gasteiger partial charge in [0.25, 0.3) is 0 Å². The van der Waals surface area contributed by atoms with Crippen molar-refractivity contribution in [3.05, 3.63) is 57.5 Å². The molecule has 1 heterocycles. The summed E-state index contributed by atoms with van der Waals surface area (Å²) in [6.45, 7) is 3.32. The molecule has 0 spiro atoms. The molecule has 7 nitrogen and oxygen atoms in total. The molecule has 2 aromatic rings. The van der Waals surface area contributed by atoms with Crippen LogP contribution in [0.1, 0.15) is 34.9 Å². The third-order valence-corrected chi connectivity index (χ3v) is 2.92. The van der Waals surface area contributed by atoms with E-state index < -0.39 is 17.0 Å². The lowest BCUT2D eigenvalue weighted by atomic mass is 10.2. The number of benzene rings is 1. The van der Waals surface area contributed by atoms with Crippen LogP contribution in [0.15, 0.2) is 34.7 Å². The molecule has 0 aliphatic rings. The number of rotatable bonds is 5. The highest BCUT2D eigenvalue weighted by atomic mass is 16.6. The van der Waals surface area contributed by atoms with E-state index in [1.807, 2.05) is 0 Å². The summed E-state index contributed by atoms with van der Waals surface area (Å²) in [6, 6.07) is 7.39. The fourth-order valence-corrected chi connectivity index (χ4v) is 1.86. The zero-order chi connectivity index (χ0) is 15.6. The molecule has 0 aliphatic heterocycles. The molecule has 0 saturated carbocycles. The van der Waals surface area contributed by atoms with Gasteiger partial charge in [0.2, 0.25) is 11.5 Å². The minimum Gasteiger partial charge on any atom is -0.475 e. The van der Waals surface area contributed by atoms with Crippen LogP contribution in [0, 0.1) is 17.0 Å². The van der Waals surface area contributed by atoms with Crippen LogP contribution in [-0.2, 0) is 0 Å². The van der Waals surface area contributed by atoms with Gasteiger partial charge in [-0.1, -0.05) is 12.1 Å². The van der Waals surface area contributed by atoms with Gasteiger partial charge in [0.05, 0.1) is 4.92 Å². The number of carbonyl (C=O) groups is 1. The molecular weight excluding hydrogens is 278 g/mol. The van der Waals surface area contributed by atoms with Gasteiger partial charge in [-0.15, -0.1) is 0 Å². The predicted octanol–water partition coefficient (Wildman–Crippen LogP) is 3.33. The van der Waals surface area contributed by atoms with E-state index in [1.54, 1.807) is 26.0 Å². The van der Waals surface area contributed by atoms with Gasteiger partial charge in [-0.25, -0.2) is 4.79 Å². The van der Waals surface area contributed by atoms with Crippen LogP contribution in [0.4, 0.5) is 5.69 Å². The van der Waals surface area contributed by atoms with E-state index in [2.05, 4.69) is 0 Å². The number of carboxylic acids is 1. The first kappa shape index (κ1) is 14.6. The Bertz CT molecular complexity index is 691. The first-order valence-corrected chi connectivity index (χ1v) is 6.14. The summed E-state index contributed by atoms with van der Waals surface area (Å²) in [7, 11) is 0. The number of hydrogen-bond acceptors (Lipinski definition) is 5. The number of nitrogens with zero attached hydrogens (tertiary/aromatic N) is 1. The van der Waals surface area contributed by atoms with Crippen LogP contribution in [-0.4, -0.2) is 16.0 Å². The van der Waals surface area contributed by atoms with E-state index >= 15 is 0 Å². The van der Waals surface area contributed by atoms with Crippen molar-refractivity contribution in [3.8, 4) is 5.75 Å². The Labute approximate surface area is 119 Å². The fourth-order valence-electron chi connectivity index (χ4n) is 1.86. The summed E-state index contributed by atoms with van der Waals surface area (Å²) < 4.78 is 10.7. The minimum absolute atomic E-state index is 0.142. The molecule has 0 radical (unpaired) electrons. The molecule has 1 N–H and O–H groups in total. The number of nitro groups is 1. The summed E-state index contributed by atoms with van der Waals surface area (Å²) in [5.74, 6) is -0.969. The maximum atomic E-state index is 11.0. The van der Waals surface area contributed by atoms with E-state index in [9.17, 15) is 14.9 Å². The van der Waals surface area contributed by atoms with Crippen molar-refractivity contribution in [2.45, 2.75) is 20.0 Å². The van der Waals surface area contributed by atoms with Crippen molar-refractivity contribution in [3.63, 3.8) is 0 Å². The van der Waals surface area contributed by atoms with Crippen molar-refractivity contribution in [2.75, 3.05) is 0 Å². The Morgan fingerprint density at radius 3 is 2.67 bits per heavy atom. The van der Waals surface area contributed by atoms with Gasteiger partial charge < -0.3 is 14.3 Å². The number of aryl methyl sites for hydroxylation is 1. The predicted molar refractivity (Wildman–Crippen MR) is 72.5 cm³/mol. The maximum Gasteiger partial charge on any atom is 0.371 e. The van der Waals surface area contributed by atoms with Gasteiger partial charge in [-0.05, 0) is 31.5 Å². The Morgan fingerprint density at radius 2 is 2.10 bits per heavy atom. The highest BCUT2D eigenvalue weighted by Gasteiger charge is 2.22. The lowest BCUT2D eigenvalue weighted by molar-refractivity contribution is -0.386. The lowest BCUT2D eigenvalue weighted by Crippen LogP contribution is -2.05. The monoisotopic (exact) mass is 291 g/mol. The number of para-hydroxylation sites is 1. The summed E-state index contributed by atoms with van der Waals surface area (Å²) in [4.78, 5) is 21.3. The molecule has 0 aliphatic carbocycles. The van der Waals surface area contributed by atoms with Crippen molar-refractivity contribution in [1.82, 2.24) is 0 Å². The standard InChI is InChI=1S/C14H13NO6/c1-8-4-3-5-10(15(18)19)13(8)20-9(2)11-6-7-12(21-11)14(16)17/h3-7,9H,1-2H3,(H,16,17). The molecule has 1 atom stereocenters. The second-order valence-corrected chi connectivity index (χ2v) is 4.45. The van der Waals surface area contributed by atoms with Gasteiger partial charge >= 0.3 is 11.7 Å². The third-order valence-electron chi connectivity index (χ3n) is 2.92. The minimum atomic E-state index is -1.18. The summed E-state index contributed by atoms with van der Waals surface area (Å²) >= 11 is 0. The number of carboxylic acid groups (broad SMARTS) is 1. The Balaban J connectivity index is 2.28. The van der Waals surface area contributed by atoms with Gasteiger partial charge in [-0.2, -0.15) is 0 Å². The van der Waals surface area contributed by atoms with E-state index in [1.165, 1.54) is 18.2 Å². The first-order valence-electron chi connectivity index (χ1n) is 6.14. The molecule has 1 aromatic heterocycles. The Hall–Kier alpha value is -2.83. The summed E-state index contributed by atoms with van der Waals surface area (Å²) in [5, 5.41) is 19.8. The highest BCUT2D eigenvalue weighted by Crippen LogP contribution is 2.34. The van der Waals surface area contributed by atoms with E-state index in [0.717, 1.165) is 0 Å². The maximum absolute atomic E-state index is 11.0. The molecule has 0 bridgehead atoms. The van der Waals surface area contributed by atoms with Crippen molar-refractivity contribution < 1.29 is 24.0 Å². The second kappa shape index (κ2) is 5.66. The van der Waals surface area contributed by atoms with Gasteiger partial charge in [0, 0.05) is 6.07 Å². The smallest absolute Gasteiger partial charge is 0.371 e. The van der Waals surface area contributed by atoms with Crippen molar-refractivity contribution in [1.29, 1.82) is 0 Å². The second-order valence-electron chi connectivity index (χ2n) is 4.45. The summed E-state index contributed by atoms with van der Waals surface area (Å²) in [5.41, 5.74) is 0.466. The van der Waals surface area contributed by atoms with Crippen LogP contribution in [0.2, 0.25) is 0 Å². The number of nitro benzene ring substituents is 1. The van der Waals surface area contributed by atoms with Gasteiger partial charge in [0.1, 0.15) is 5.76 Å². The van der Waals surface area contributed by atoms with E-state index in [4.69, 9.17) is 14.3 Å². The molecular formula is C14H13NO6. The van der Waals surface area contributed by atoms with Crippen LogP contribution in [0.5, 0.6) is 5.75 Å². The average molecular weight is 291 g/mol. The normalized spacial score (nSPS) is 11.9. The molecule has 1 aromatic carbocycles. The first-order chi connectivity index (χ1) is 9.90. The van der Waals surface area contributed by atoms with Gasteiger partial charge in [0.15, 0.2) is 6.10 Å².